The van der Waals surface area contributed by atoms with Crippen LogP contribution in [0.3, 0.4) is 0 Å². The van der Waals surface area contributed by atoms with Crippen molar-refractivity contribution in [1.82, 2.24) is 10.2 Å². The maximum absolute atomic E-state index is 13.1. The van der Waals surface area contributed by atoms with Crippen LogP contribution in [0.15, 0.2) is 18.2 Å². The van der Waals surface area contributed by atoms with E-state index in [1.165, 1.54) is 23.7 Å². The van der Waals surface area contributed by atoms with Crippen LogP contribution >= 0.6 is 0 Å². The van der Waals surface area contributed by atoms with Gasteiger partial charge < -0.3 is 15.1 Å². The van der Waals surface area contributed by atoms with Crippen molar-refractivity contribution in [2.45, 2.75) is 52.5 Å². The molecule has 142 valence electrons. The summed E-state index contributed by atoms with van der Waals surface area (Å²) in [6.07, 6.45) is 4.40. The van der Waals surface area contributed by atoms with Crippen LogP contribution in [-0.4, -0.2) is 48.9 Å². The molecule has 1 atom stereocenters. The van der Waals surface area contributed by atoms with E-state index in [2.05, 4.69) is 42.3 Å². The summed E-state index contributed by atoms with van der Waals surface area (Å²) in [5.41, 5.74) is 3.88. The Kier molecular flexibility index (Phi) is 5.84. The Morgan fingerprint density at radius 1 is 1.08 bits per heavy atom. The van der Waals surface area contributed by atoms with Gasteiger partial charge in [0.05, 0.1) is 0 Å². The Bertz CT molecular complexity index is 659. The van der Waals surface area contributed by atoms with E-state index in [0.717, 1.165) is 51.9 Å². The van der Waals surface area contributed by atoms with Crippen molar-refractivity contribution < 1.29 is 9.59 Å². The lowest BCUT2D eigenvalue weighted by molar-refractivity contribution is -0.137. The van der Waals surface area contributed by atoms with E-state index in [-0.39, 0.29) is 17.9 Å². The van der Waals surface area contributed by atoms with Gasteiger partial charge in [0.25, 0.3) is 0 Å². The monoisotopic (exact) mass is 357 g/mol. The van der Waals surface area contributed by atoms with Gasteiger partial charge in [-0.25, -0.2) is 0 Å². The zero-order chi connectivity index (χ0) is 18.7. The van der Waals surface area contributed by atoms with E-state index in [1.807, 2.05) is 4.90 Å². The fourth-order valence-electron chi connectivity index (χ4n) is 4.33. The molecule has 1 aliphatic heterocycles. The minimum Gasteiger partial charge on any atom is -0.368 e. The normalized spacial score (nSPS) is 19.5. The molecule has 1 aromatic rings. The first-order valence-electron chi connectivity index (χ1n) is 9.84. The van der Waals surface area contributed by atoms with Crippen LogP contribution in [0.25, 0.3) is 0 Å². The molecule has 0 aromatic heterocycles. The fraction of sp³-hybridized carbons (Fsp3) is 0.619. The molecule has 1 aromatic carbocycles. The van der Waals surface area contributed by atoms with Gasteiger partial charge in [-0.05, 0) is 49.8 Å². The maximum Gasteiger partial charge on any atom is 0.245 e. The largest absolute Gasteiger partial charge is 0.368 e. The van der Waals surface area contributed by atoms with Gasteiger partial charge in [0, 0.05) is 38.8 Å². The minimum atomic E-state index is -0.345. The van der Waals surface area contributed by atoms with Crippen molar-refractivity contribution in [2.75, 3.05) is 31.1 Å². The van der Waals surface area contributed by atoms with E-state index < -0.39 is 0 Å². The molecular weight excluding hydrogens is 326 g/mol. The van der Waals surface area contributed by atoms with Crippen molar-refractivity contribution in [3.63, 3.8) is 0 Å². The quantitative estimate of drug-likeness (QED) is 0.901. The summed E-state index contributed by atoms with van der Waals surface area (Å²) in [4.78, 5) is 29.0. The third-order valence-corrected chi connectivity index (χ3v) is 6.00. The van der Waals surface area contributed by atoms with Crippen molar-refractivity contribution in [3.8, 4) is 0 Å². The van der Waals surface area contributed by atoms with Crippen molar-refractivity contribution in [3.05, 3.63) is 29.3 Å². The lowest BCUT2D eigenvalue weighted by Crippen LogP contribution is -2.56. The Balaban J connectivity index is 1.65. The first-order valence-corrected chi connectivity index (χ1v) is 9.84. The first kappa shape index (κ1) is 18.7. The standard InChI is InChI=1S/C21H31N3O2/c1-15-7-6-10-19(16(15)2)23-11-13-24(14-12-23)21(26)20(22-17(3)25)18-8-4-5-9-18/h6-7,10,18,20H,4-5,8-9,11-14H2,1-3H3,(H,22,25). The number of nitrogens with one attached hydrogen (secondary N) is 1. The topological polar surface area (TPSA) is 52.7 Å². The molecule has 3 rings (SSSR count). The molecule has 2 fully saturated rings. The number of hydrogen-bond acceptors (Lipinski definition) is 3. The summed E-state index contributed by atoms with van der Waals surface area (Å²) in [5, 5.41) is 2.93. The molecule has 1 N–H and O–H groups in total. The third-order valence-electron chi connectivity index (χ3n) is 6.00. The van der Waals surface area contributed by atoms with Gasteiger partial charge in [-0.1, -0.05) is 25.0 Å². The second-order valence-corrected chi connectivity index (χ2v) is 7.75. The number of amides is 2. The van der Waals surface area contributed by atoms with E-state index in [4.69, 9.17) is 0 Å². The number of aryl methyl sites for hydroxylation is 1. The van der Waals surface area contributed by atoms with E-state index in [1.54, 1.807) is 0 Å². The number of benzene rings is 1. The molecule has 2 amide bonds. The lowest BCUT2D eigenvalue weighted by atomic mass is 9.96. The van der Waals surface area contributed by atoms with E-state index >= 15 is 0 Å². The van der Waals surface area contributed by atoms with Crippen LogP contribution in [0, 0.1) is 19.8 Å². The Morgan fingerprint density at radius 2 is 1.73 bits per heavy atom. The molecule has 1 saturated carbocycles. The zero-order valence-electron chi connectivity index (χ0n) is 16.3. The van der Waals surface area contributed by atoms with E-state index in [0.29, 0.717) is 5.92 Å². The van der Waals surface area contributed by atoms with Crippen LogP contribution in [0.4, 0.5) is 5.69 Å². The number of rotatable bonds is 4. The van der Waals surface area contributed by atoms with Gasteiger partial charge in [-0.3, -0.25) is 9.59 Å². The summed E-state index contributed by atoms with van der Waals surface area (Å²) in [5.74, 6) is 0.292. The summed E-state index contributed by atoms with van der Waals surface area (Å²) >= 11 is 0. The highest BCUT2D eigenvalue weighted by molar-refractivity contribution is 5.87. The van der Waals surface area contributed by atoms with Crippen LogP contribution in [0.2, 0.25) is 0 Å². The maximum atomic E-state index is 13.1. The van der Waals surface area contributed by atoms with Gasteiger partial charge in [0.2, 0.25) is 11.8 Å². The average molecular weight is 357 g/mol. The predicted molar refractivity (Wildman–Crippen MR) is 104 cm³/mol. The van der Waals surface area contributed by atoms with Crippen LogP contribution < -0.4 is 10.2 Å². The molecule has 5 heteroatoms. The smallest absolute Gasteiger partial charge is 0.245 e. The van der Waals surface area contributed by atoms with Gasteiger partial charge in [0.15, 0.2) is 0 Å². The van der Waals surface area contributed by atoms with E-state index in [9.17, 15) is 9.59 Å². The van der Waals surface area contributed by atoms with Crippen molar-refractivity contribution in [1.29, 1.82) is 0 Å². The van der Waals surface area contributed by atoms with Gasteiger partial charge >= 0.3 is 0 Å². The molecule has 1 unspecified atom stereocenters. The summed E-state index contributed by atoms with van der Waals surface area (Å²) < 4.78 is 0. The molecule has 0 radical (unpaired) electrons. The molecule has 5 nitrogen and oxygen atoms in total. The SMILES string of the molecule is CC(=O)NC(C(=O)N1CCN(c2cccc(C)c2C)CC1)C1CCCC1. The molecule has 1 heterocycles. The minimum absolute atomic E-state index is 0.104. The number of nitrogens with zero attached hydrogens (tertiary/aromatic N) is 2. The second-order valence-electron chi connectivity index (χ2n) is 7.75. The second kappa shape index (κ2) is 8.11. The summed E-state index contributed by atoms with van der Waals surface area (Å²) in [6.45, 7) is 8.92. The van der Waals surface area contributed by atoms with Gasteiger partial charge in [0.1, 0.15) is 6.04 Å². The summed E-state index contributed by atoms with van der Waals surface area (Å²) in [6, 6.07) is 6.06. The highest BCUT2D eigenvalue weighted by atomic mass is 16.2. The summed E-state index contributed by atoms with van der Waals surface area (Å²) in [7, 11) is 0. The van der Waals surface area contributed by atoms with Crippen molar-refractivity contribution >= 4 is 17.5 Å². The molecule has 0 bridgehead atoms. The highest BCUT2D eigenvalue weighted by Crippen LogP contribution is 2.29. The van der Waals surface area contributed by atoms with Crippen LogP contribution in [-0.2, 0) is 9.59 Å². The van der Waals surface area contributed by atoms with Crippen molar-refractivity contribution in [2.24, 2.45) is 5.92 Å². The molecule has 1 saturated heterocycles. The third kappa shape index (κ3) is 4.02. The molecule has 26 heavy (non-hydrogen) atoms. The van der Waals surface area contributed by atoms with Gasteiger partial charge in [-0.2, -0.15) is 0 Å². The highest BCUT2D eigenvalue weighted by Gasteiger charge is 2.35. The number of hydrogen-bond donors (Lipinski definition) is 1. The number of carbonyl (C=O) groups is 2. The molecule has 0 spiro atoms. The molecule has 1 aliphatic carbocycles. The average Bonchev–Trinajstić information content (AvgIpc) is 3.16. The predicted octanol–water partition coefficient (Wildman–Crippen LogP) is 2.65. The fourth-order valence-corrected chi connectivity index (χ4v) is 4.33. The molecular formula is C21H31N3O2. The Labute approximate surface area is 156 Å². The number of anilines is 1. The zero-order valence-corrected chi connectivity index (χ0v) is 16.3. The Morgan fingerprint density at radius 3 is 2.35 bits per heavy atom. The number of carbonyl (C=O) groups excluding carboxylic acids is 2. The van der Waals surface area contributed by atoms with Crippen LogP contribution in [0.1, 0.15) is 43.7 Å². The first-order chi connectivity index (χ1) is 12.5. The lowest BCUT2D eigenvalue weighted by Gasteiger charge is -2.39. The Hall–Kier alpha value is -2.04. The van der Waals surface area contributed by atoms with Gasteiger partial charge in [-0.15, -0.1) is 0 Å². The number of piperazine rings is 1. The molecule has 2 aliphatic rings. The van der Waals surface area contributed by atoms with Crippen LogP contribution in [0.5, 0.6) is 0 Å².